The third-order valence-electron chi connectivity index (χ3n) is 3.99. The Hall–Kier alpha value is -2.25. The van der Waals surface area contributed by atoms with Crippen LogP contribution >= 0.6 is 11.3 Å². The van der Waals surface area contributed by atoms with Crippen molar-refractivity contribution in [1.29, 1.82) is 0 Å². The molecule has 148 valence electrons. The van der Waals surface area contributed by atoms with Crippen LogP contribution in [0.3, 0.4) is 0 Å². The van der Waals surface area contributed by atoms with Gasteiger partial charge in [0.25, 0.3) is 0 Å². The molecule has 0 saturated carbocycles. The van der Waals surface area contributed by atoms with E-state index in [9.17, 15) is 0 Å². The number of hydrogen-bond acceptors (Lipinski definition) is 5. The number of benzene rings is 1. The lowest BCUT2D eigenvalue weighted by Gasteiger charge is -2.22. The Labute approximate surface area is 166 Å². The molecule has 1 aromatic heterocycles. The van der Waals surface area contributed by atoms with E-state index in [2.05, 4.69) is 54.1 Å². The molecular weight excluding hydrogens is 360 g/mol. The Morgan fingerprint density at radius 2 is 2.04 bits per heavy atom. The van der Waals surface area contributed by atoms with Crippen LogP contribution in [0.4, 0.5) is 5.69 Å². The van der Waals surface area contributed by atoms with Gasteiger partial charge in [-0.25, -0.2) is 0 Å². The first-order chi connectivity index (χ1) is 13.1. The summed E-state index contributed by atoms with van der Waals surface area (Å²) in [6, 6.07) is 10.3. The first-order valence-corrected chi connectivity index (χ1v) is 10.0. The van der Waals surface area contributed by atoms with E-state index in [4.69, 9.17) is 14.5 Å². The van der Waals surface area contributed by atoms with Gasteiger partial charge in [-0.15, -0.1) is 11.3 Å². The number of hydrogen-bond donors (Lipinski definition) is 2. The molecule has 7 heteroatoms. The smallest absolute Gasteiger partial charge is 0.195 e. The fourth-order valence-electron chi connectivity index (χ4n) is 2.63. The van der Waals surface area contributed by atoms with Crippen LogP contribution in [0.1, 0.15) is 24.8 Å². The third kappa shape index (κ3) is 6.15. The zero-order valence-electron chi connectivity index (χ0n) is 16.8. The van der Waals surface area contributed by atoms with Crippen molar-refractivity contribution >= 4 is 23.0 Å². The molecule has 0 fully saturated rings. The maximum Gasteiger partial charge on any atom is 0.195 e. The standard InChI is InChI=1S/C20H30N4O2S/c1-6-21-20(22-14-16(24(3)4)19-9-8-12-27-19)23-15-10-11-17(25-5)18(13-15)26-7-2/h8-13,16H,6-7,14H2,1-5H3,(H2,21,22,23). The van der Waals surface area contributed by atoms with Crippen LogP contribution in [0.15, 0.2) is 40.7 Å². The summed E-state index contributed by atoms with van der Waals surface area (Å²) in [7, 11) is 5.80. The summed E-state index contributed by atoms with van der Waals surface area (Å²) in [5, 5.41) is 8.76. The highest BCUT2D eigenvalue weighted by Gasteiger charge is 2.15. The predicted octanol–water partition coefficient (Wildman–Crippen LogP) is 3.84. The van der Waals surface area contributed by atoms with Gasteiger partial charge in [0.2, 0.25) is 0 Å². The molecule has 1 unspecified atom stereocenters. The molecule has 0 radical (unpaired) electrons. The zero-order chi connectivity index (χ0) is 19.6. The molecule has 0 saturated heterocycles. The number of rotatable bonds is 9. The Morgan fingerprint density at radius 3 is 2.63 bits per heavy atom. The summed E-state index contributed by atoms with van der Waals surface area (Å²) >= 11 is 1.76. The normalized spacial score (nSPS) is 12.7. The number of aliphatic imine (C=N–C) groups is 1. The Bertz CT molecular complexity index is 717. The molecule has 0 aliphatic rings. The molecule has 1 aromatic carbocycles. The van der Waals surface area contributed by atoms with E-state index in [1.807, 2.05) is 25.1 Å². The number of guanidine groups is 1. The van der Waals surface area contributed by atoms with Crippen LogP contribution in [-0.2, 0) is 0 Å². The summed E-state index contributed by atoms with van der Waals surface area (Å²) in [6.45, 7) is 6.04. The van der Waals surface area contributed by atoms with Gasteiger partial charge < -0.3 is 25.0 Å². The fraction of sp³-hybridized carbons (Fsp3) is 0.450. The lowest BCUT2D eigenvalue weighted by atomic mass is 10.2. The summed E-state index contributed by atoms with van der Waals surface area (Å²) in [6.07, 6.45) is 0. The van der Waals surface area contributed by atoms with Crippen LogP contribution in [0.2, 0.25) is 0 Å². The molecule has 0 aliphatic carbocycles. The van der Waals surface area contributed by atoms with Crippen molar-refractivity contribution in [2.75, 3.05) is 46.2 Å². The number of nitrogens with one attached hydrogen (secondary N) is 2. The van der Waals surface area contributed by atoms with Gasteiger partial charge in [-0.1, -0.05) is 6.07 Å². The van der Waals surface area contributed by atoms with Crippen molar-refractivity contribution in [3.8, 4) is 11.5 Å². The lowest BCUT2D eigenvalue weighted by Crippen LogP contribution is -2.32. The van der Waals surface area contributed by atoms with Gasteiger partial charge in [0.05, 0.1) is 26.3 Å². The van der Waals surface area contributed by atoms with E-state index in [1.165, 1.54) is 4.88 Å². The number of methoxy groups -OCH3 is 1. The van der Waals surface area contributed by atoms with Gasteiger partial charge in [-0.3, -0.25) is 4.99 Å². The maximum absolute atomic E-state index is 5.66. The summed E-state index contributed by atoms with van der Waals surface area (Å²) in [5.74, 6) is 2.17. The third-order valence-corrected chi connectivity index (χ3v) is 4.96. The highest BCUT2D eigenvalue weighted by Crippen LogP contribution is 2.30. The zero-order valence-corrected chi connectivity index (χ0v) is 17.6. The molecular formula is C20H30N4O2S. The highest BCUT2D eigenvalue weighted by molar-refractivity contribution is 7.10. The average molecular weight is 391 g/mol. The van der Waals surface area contributed by atoms with Gasteiger partial charge in [0.15, 0.2) is 17.5 Å². The number of nitrogens with zero attached hydrogens (tertiary/aromatic N) is 2. The quantitative estimate of drug-likeness (QED) is 0.503. The second-order valence-corrected chi connectivity index (χ2v) is 7.12. The Balaban J connectivity index is 2.16. The second kappa shape index (κ2) is 10.8. The molecule has 0 bridgehead atoms. The van der Waals surface area contributed by atoms with Gasteiger partial charge in [0.1, 0.15) is 0 Å². The number of anilines is 1. The van der Waals surface area contributed by atoms with Gasteiger partial charge in [0, 0.05) is 23.2 Å². The van der Waals surface area contributed by atoms with Gasteiger partial charge >= 0.3 is 0 Å². The van der Waals surface area contributed by atoms with Gasteiger partial charge in [-0.2, -0.15) is 0 Å². The van der Waals surface area contributed by atoms with Crippen LogP contribution in [0, 0.1) is 0 Å². The first-order valence-electron chi connectivity index (χ1n) is 9.15. The molecule has 1 atom stereocenters. The fourth-order valence-corrected chi connectivity index (χ4v) is 3.55. The lowest BCUT2D eigenvalue weighted by molar-refractivity contribution is 0.310. The summed E-state index contributed by atoms with van der Waals surface area (Å²) < 4.78 is 11.0. The minimum absolute atomic E-state index is 0.246. The van der Waals surface area contributed by atoms with Gasteiger partial charge in [-0.05, 0) is 51.5 Å². The molecule has 0 amide bonds. The topological polar surface area (TPSA) is 58.1 Å². The van der Waals surface area contributed by atoms with Crippen molar-refractivity contribution in [2.24, 2.45) is 4.99 Å². The molecule has 2 N–H and O–H groups in total. The minimum Gasteiger partial charge on any atom is -0.493 e. The second-order valence-electron chi connectivity index (χ2n) is 6.14. The van der Waals surface area contributed by atoms with Crippen molar-refractivity contribution < 1.29 is 9.47 Å². The minimum atomic E-state index is 0.246. The number of thiophene rings is 1. The van der Waals surface area contributed by atoms with E-state index in [0.717, 1.165) is 23.9 Å². The van der Waals surface area contributed by atoms with E-state index < -0.39 is 0 Å². The van der Waals surface area contributed by atoms with Crippen molar-refractivity contribution in [1.82, 2.24) is 10.2 Å². The van der Waals surface area contributed by atoms with E-state index >= 15 is 0 Å². The molecule has 0 spiro atoms. The average Bonchev–Trinajstić information content (AvgIpc) is 3.16. The van der Waals surface area contributed by atoms with Crippen molar-refractivity contribution in [3.63, 3.8) is 0 Å². The Morgan fingerprint density at radius 1 is 1.22 bits per heavy atom. The Kier molecular flexibility index (Phi) is 8.42. The van der Waals surface area contributed by atoms with Crippen LogP contribution < -0.4 is 20.1 Å². The van der Waals surface area contributed by atoms with E-state index in [0.29, 0.717) is 18.9 Å². The summed E-state index contributed by atoms with van der Waals surface area (Å²) in [5.41, 5.74) is 0.900. The molecule has 2 rings (SSSR count). The van der Waals surface area contributed by atoms with Crippen molar-refractivity contribution in [3.05, 3.63) is 40.6 Å². The van der Waals surface area contributed by atoms with Crippen molar-refractivity contribution in [2.45, 2.75) is 19.9 Å². The molecule has 27 heavy (non-hydrogen) atoms. The largest absolute Gasteiger partial charge is 0.493 e. The predicted molar refractivity (Wildman–Crippen MR) is 115 cm³/mol. The van der Waals surface area contributed by atoms with Crippen LogP contribution in [0.5, 0.6) is 11.5 Å². The molecule has 2 aromatic rings. The molecule has 1 heterocycles. The number of likely N-dealkylation sites (N-methyl/N-ethyl adjacent to an activating group) is 1. The van der Waals surface area contributed by atoms with Crippen LogP contribution in [0.25, 0.3) is 0 Å². The number of ether oxygens (including phenoxy) is 2. The monoisotopic (exact) mass is 390 g/mol. The first kappa shape index (κ1) is 21.1. The summed E-state index contributed by atoms with van der Waals surface area (Å²) in [4.78, 5) is 8.29. The SMILES string of the molecule is CCNC(=NCC(c1cccs1)N(C)C)Nc1ccc(OC)c(OCC)c1. The van der Waals surface area contributed by atoms with Crippen LogP contribution in [-0.4, -0.2) is 51.8 Å². The molecule has 6 nitrogen and oxygen atoms in total. The van der Waals surface area contributed by atoms with E-state index in [-0.39, 0.29) is 6.04 Å². The molecule has 0 aliphatic heterocycles. The highest BCUT2D eigenvalue weighted by atomic mass is 32.1. The van der Waals surface area contributed by atoms with E-state index in [1.54, 1.807) is 18.4 Å². The maximum atomic E-state index is 5.66.